The maximum atomic E-state index is 12.0. The molecule has 0 saturated heterocycles. The van der Waals surface area contributed by atoms with Gasteiger partial charge in [-0.1, -0.05) is 19.3 Å². The van der Waals surface area contributed by atoms with Crippen LogP contribution in [0.3, 0.4) is 0 Å². The van der Waals surface area contributed by atoms with E-state index in [-0.39, 0.29) is 11.9 Å². The molecular weight excluding hydrogens is 240 g/mol. The lowest BCUT2D eigenvalue weighted by Crippen LogP contribution is -2.33. The number of anilines is 1. The van der Waals surface area contributed by atoms with E-state index in [4.69, 9.17) is 16.9 Å². The Morgan fingerprint density at radius 3 is 2.79 bits per heavy atom. The van der Waals surface area contributed by atoms with Crippen molar-refractivity contribution in [3.63, 3.8) is 0 Å². The highest BCUT2D eigenvalue weighted by Gasteiger charge is 2.12. The average molecular weight is 260 g/mol. The number of amides is 1. The van der Waals surface area contributed by atoms with Gasteiger partial charge in [-0.25, -0.2) is 0 Å². The van der Waals surface area contributed by atoms with E-state index in [1.54, 1.807) is 18.2 Å². The molecular formula is C15H20N2O2. The van der Waals surface area contributed by atoms with Gasteiger partial charge in [0, 0.05) is 5.56 Å². The maximum absolute atomic E-state index is 12.0. The van der Waals surface area contributed by atoms with Crippen LogP contribution in [0.5, 0.6) is 5.75 Å². The first-order valence-corrected chi connectivity index (χ1v) is 6.41. The number of nitrogens with two attached hydrogens (primary N) is 1. The van der Waals surface area contributed by atoms with E-state index in [1.165, 1.54) is 0 Å². The van der Waals surface area contributed by atoms with Gasteiger partial charge in [-0.2, -0.15) is 0 Å². The van der Waals surface area contributed by atoms with Crippen LogP contribution >= 0.6 is 0 Å². The molecule has 1 amide bonds. The number of hydrogen-bond acceptors (Lipinski definition) is 3. The van der Waals surface area contributed by atoms with Crippen molar-refractivity contribution in [3.8, 4) is 18.1 Å². The number of benzene rings is 1. The minimum absolute atomic E-state index is 0.217. The first-order valence-electron chi connectivity index (χ1n) is 6.41. The summed E-state index contributed by atoms with van der Waals surface area (Å²) in [5, 5.41) is 2.79. The van der Waals surface area contributed by atoms with Gasteiger partial charge < -0.3 is 15.8 Å². The second kappa shape index (κ2) is 7.32. The van der Waals surface area contributed by atoms with Gasteiger partial charge in [0.2, 0.25) is 0 Å². The topological polar surface area (TPSA) is 64.3 Å². The molecule has 1 aromatic carbocycles. The van der Waals surface area contributed by atoms with Gasteiger partial charge in [0.15, 0.2) is 0 Å². The van der Waals surface area contributed by atoms with Crippen LogP contribution in [0.1, 0.15) is 37.0 Å². The van der Waals surface area contributed by atoms with Crippen LogP contribution in [0, 0.1) is 12.3 Å². The summed E-state index contributed by atoms with van der Waals surface area (Å²) < 4.78 is 5.32. The number of terminal acetylenes is 1. The molecule has 0 heterocycles. The summed E-state index contributed by atoms with van der Waals surface area (Å²) in [6.45, 7) is 4.43. The second-order valence-corrected chi connectivity index (χ2v) is 4.17. The molecule has 1 atom stereocenters. The molecule has 0 saturated carbocycles. The van der Waals surface area contributed by atoms with Crippen molar-refractivity contribution in [2.24, 2.45) is 0 Å². The van der Waals surface area contributed by atoms with Gasteiger partial charge >= 0.3 is 0 Å². The Labute approximate surface area is 114 Å². The highest BCUT2D eigenvalue weighted by molar-refractivity contribution is 5.95. The van der Waals surface area contributed by atoms with Crippen LogP contribution in [-0.2, 0) is 0 Å². The van der Waals surface area contributed by atoms with E-state index in [0.29, 0.717) is 23.6 Å². The lowest BCUT2D eigenvalue weighted by molar-refractivity contribution is 0.0944. The van der Waals surface area contributed by atoms with Crippen molar-refractivity contribution >= 4 is 11.6 Å². The van der Waals surface area contributed by atoms with E-state index in [9.17, 15) is 4.79 Å². The SMILES string of the molecule is C#CC(CCC)NC(=O)c1ccc(OCC)c(N)c1. The van der Waals surface area contributed by atoms with E-state index < -0.39 is 0 Å². The fraction of sp³-hybridized carbons (Fsp3) is 0.400. The molecule has 0 aromatic heterocycles. The van der Waals surface area contributed by atoms with Crippen LogP contribution in [0.25, 0.3) is 0 Å². The van der Waals surface area contributed by atoms with Crippen LogP contribution in [0.4, 0.5) is 5.69 Å². The van der Waals surface area contributed by atoms with Crippen LogP contribution < -0.4 is 15.8 Å². The first-order chi connectivity index (χ1) is 9.12. The van der Waals surface area contributed by atoms with Crippen molar-refractivity contribution in [1.82, 2.24) is 5.32 Å². The van der Waals surface area contributed by atoms with Crippen LogP contribution in [-0.4, -0.2) is 18.6 Å². The summed E-state index contributed by atoms with van der Waals surface area (Å²) in [7, 11) is 0. The summed E-state index contributed by atoms with van der Waals surface area (Å²) in [4.78, 5) is 12.0. The molecule has 0 aliphatic heterocycles. The lowest BCUT2D eigenvalue weighted by atomic mass is 10.1. The summed E-state index contributed by atoms with van der Waals surface area (Å²) in [5.41, 5.74) is 6.75. The molecule has 19 heavy (non-hydrogen) atoms. The zero-order valence-electron chi connectivity index (χ0n) is 11.4. The molecule has 0 aliphatic rings. The number of rotatable bonds is 6. The van der Waals surface area contributed by atoms with Gasteiger partial charge in [0.25, 0.3) is 5.91 Å². The van der Waals surface area contributed by atoms with Crippen molar-refractivity contribution in [3.05, 3.63) is 23.8 Å². The zero-order valence-corrected chi connectivity index (χ0v) is 11.4. The van der Waals surface area contributed by atoms with Gasteiger partial charge in [-0.05, 0) is 31.5 Å². The normalized spacial score (nSPS) is 11.4. The third-order valence-electron chi connectivity index (χ3n) is 2.66. The third-order valence-corrected chi connectivity index (χ3v) is 2.66. The molecule has 3 N–H and O–H groups in total. The second-order valence-electron chi connectivity index (χ2n) is 4.17. The van der Waals surface area contributed by atoms with Crippen molar-refractivity contribution in [1.29, 1.82) is 0 Å². The molecule has 0 spiro atoms. The highest BCUT2D eigenvalue weighted by atomic mass is 16.5. The summed E-state index contributed by atoms with van der Waals surface area (Å²) in [6, 6.07) is 4.72. The largest absolute Gasteiger partial charge is 0.492 e. The van der Waals surface area contributed by atoms with Gasteiger partial charge in [0.05, 0.1) is 18.3 Å². The Kier molecular flexibility index (Phi) is 5.74. The Balaban J connectivity index is 2.78. The summed E-state index contributed by atoms with van der Waals surface area (Å²) >= 11 is 0. The number of nitrogens with one attached hydrogen (secondary N) is 1. The number of ether oxygens (including phenoxy) is 1. The number of nitrogen functional groups attached to an aromatic ring is 1. The van der Waals surface area contributed by atoms with Crippen molar-refractivity contribution in [2.75, 3.05) is 12.3 Å². The van der Waals surface area contributed by atoms with Crippen molar-refractivity contribution in [2.45, 2.75) is 32.7 Å². The lowest BCUT2D eigenvalue weighted by Gasteiger charge is -2.13. The Hall–Kier alpha value is -2.15. The van der Waals surface area contributed by atoms with Gasteiger partial charge in [-0.15, -0.1) is 6.42 Å². The van der Waals surface area contributed by atoms with Crippen LogP contribution in [0.2, 0.25) is 0 Å². The molecule has 102 valence electrons. The van der Waals surface area contributed by atoms with Crippen molar-refractivity contribution < 1.29 is 9.53 Å². The van der Waals surface area contributed by atoms with Crippen LogP contribution in [0.15, 0.2) is 18.2 Å². The van der Waals surface area contributed by atoms with E-state index >= 15 is 0 Å². The summed E-state index contributed by atoms with van der Waals surface area (Å²) in [6.07, 6.45) is 7.05. The first kappa shape index (κ1) is 14.9. The third kappa shape index (κ3) is 4.22. The average Bonchev–Trinajstić information content (AvgIpc) is 2.40. The zero-order chi connectivity index (χ0) is 14.3. The van der Waals surface area contributed by atoms with Gasteiger partial charge in [-0.3, -0.25) is 4.79 Å². The minimum atomic E-state index is -0.245. The molecule has 0 radical (unpaired) electrons. The van der Waals surface area contributed by atoms with E-state index in [0.717, 1.165) is 12.8 Å². The quantitative estimate of drug-likeness (QED) is 0.609. The van der Waals surface area contributed by atoms with E-state index in [1.807, 2.05) is 13.8 Å². The molecule has 1 rings (SSSR count). The van der Waals surface area contributed by atoms with Gasteiger partial charge in [0.1, 0.15) is 5.75 Å². The molecule has 4 nitrogen and oxygen atoms in total. The molecule has 0 aliphatic carbocycles. The highest BCUT2D eigenvalue weighted by Crippen LogP contribution is 2.22. The Bertz CT molecular complexity index is 478. The molecule has 4 heteroatoms. The molecule has 1 aromatic rings. The minimum Gasteiger partial charge on any atom is -0.492 e. The fourth-order valence-corrected chi connectivity index (χ4v) is 1.70. The smallest absolute Gasteiger partial charge is 0.252 e. The van der Waals surface area contributed by atoms with E-state index in [2.05, 4.69) is 11.2 Å². The predicted octanol–water partition coefficient (Wildman–Crippen LogP) is 2.20. The fourth-order valence-electron chi connectivity index (χ4n) is 1.70. The predicted molar refractivity (Wildman–Crippen MR) is 77.0 cm³/mol. The number of carbonyl (C=O) groups is 1. The Morgan fingerprint density at radius 1 is 1.53 bits per heavy atom. The standard InChI is InChI=1S/C15H20N2O2/c1-4-7-12(5-2)17-15(18)11-8-9-14(19-6-3)13(16)10-11/h2,8-10,12H,4,6-7,16H2,1,3H3,(H,17,18). The maximum Gasteiger partial charge on any atom is 0.252 e. The summed E-state index contributed by atoms with van der Waals surface area (Å²) in [5.74, 6) is 2.93. The molecule has 1 unspecified atom stereocenters. The molecule has 0 fully saturated rings. The Morgan fingerprint density at radius 2 is 2.26 bits per heavy atom. The monoisotopic (exact) mass is 260 g/mol. The number of carbonyl (C=O) groups excluding carboxylic acids is 1. The molecule has 0 bridgehead atoms. The number of hydrogen-bond donors (Lipinski definition) is 2.